The third-order valence-electron chi connectivity index (χ3n) is 0.183. The Morgan fingerprint density at radius 1 is 1.00 bits per heavy atom. The molecule has 7 heavy (non-hydrogen) atoms. The maximum Gasteiger partial charge on any atom is 0.414 e. The van der Waals surface area contributed by atoms with E-state index in [0.717, 1.165) is 0 Å². The van der Waals surface area contributed by atoms with Crippen molar-refractivity contribution in [3.63, 3.8) is 0 Å². The molecule has 0 amide bonds. The van der Waals surface area contributed by atoms with Crippen LogP contribution in [-0.4, -0.2) is 67.6 Å². The van der Waals surface area contributed by atoms with Gasteiger partial charge in [-0.2, -0.15) is 0 Å². The molecule has 0 aromatic carbocycles. The van der Waals surface area contributed by atoms with Gasteiger partial charge in [0.1, 0.15) is 0 Å². The van der Waals surface area contributed by atoms with Crippen LogP contribution in [0.1, 0.15) is 0 Å². The first-order chi connectivity index (χ1) is 2.64. The van der Waals surface area contributed by atoms with Crippen LogP contribution >= 0.6 is 0 Å². The smallest absolute Gasteiger partial charge is 0.414 e. The van der Waals surface area contributed by atoms with Crippen LogP contribution in [0.5, 0.6) is 0 Å². The number of carboxylic acids is 2. The second-order valence-electron chi connectivity index (χ2n) is 0.610. The van der Waals surface area contributed by atoms with Gasteiger partial charge >= 0.3 is 11.9 Å². The molecule has 4 nitrogen and oxygen atoms in total. The largest absolute Gasteiger partial charge is 0.473 e. The molecule has 0 unspecified atom stereocenters. The molecule has 0 rings (SSSR count). The van der Waals surface area contributed by atoms with E-state index in [1.54, 1.807) is 0 Å². The summed E-state index contributed by atoms with van der Waals surface area (Å²) in [7, 11) is 0. The quantitative estimate of drug-likeness (QED) is 0.359. The van der Waals surface area contributed by atoms with Gasteiger partial charge in [-0.05, 0) is 0 Å². The van der Waals surface area contributed by atoms with Gasteiger partial charge in [-0.15, -0.1) is 0 Å². The normalized spacial score (nSPS) is 6.29. The van der Waals surface area contributed by atoms with Crippen molar-refractivity contribution in [1.29, 1.82) is 0 Å². The standard InChI is InChI=1S/C2H2O4.Sr/c3-1(4)2(5)6;/h(H,3,4)(H,5,6);. The Morgan fingerprint density at radius 2 is 1.14 bits per heavy atom. The minimum atomic E-state index is -1.82. The molecule has 0 aliphatic carbocycles. The molecule has 0 bridgehead atoms. The van der Waals surface area contributed by atoms with E-state index in [2.05, 4.69) is 0 Å². The van der Waals surface area contributed by atoms with Crippen molar-refractivity contribution < 1.29 is 19.8 Å². The maximum absolute atomic E-state index is 9.10. The van der Waals surface area contributed by atoms with Gasteiger partial charge in [-0.1, -0.05) is 0 Å². The molecule has 0 atom stereocenters. The van der Waals surface area contributed by atoms with E-state index >= 15 is 0 Å². The van der Waals surface area contributed by atoms with E-state index in [-0.39, 0.29) is 45.5 Å². The van der Waals surface area contributed by atoms with Crippen LogP contribution in [0.25, 0.3) is 0 Å². The summed E-state index contributed by atoms with van der Waals surface area (Å²) in [6.45, 7) is 0. The van der Waals surface area contributed by atoms with Crippen LogP contribution in [-0.2, 0) is 9.59 Å². The summed E-state index contributed by atoms with van der Waals surface area (Å²) in [4.78, 5) is 18.2. The summed E-state index contributed by atoms with van der Waals surface area (Å²) in [6, 6.07) is 0. The van der Waals surface area contributed by atoms with Crippen LogP contribution in [0.2, 0.25) is 0 Å². The Labute approximate surface area is 76.4 Å². The van der Waals surface area contributed by atoms with E-state index < -0.39 is 11.9 Å². The fourth-order valence-electron chi connectivity index (χ4n) is 0. The van der Waals surface area contributed by atoms with Gasteiger partial charge < -0.3 is 10.2 Å². The molecular formula is C2H2O4Sr. The number of carboxylic acid groups (broad SMARTS) is 2. The van der Waals surface area contributed by atoms with E-state index in [1.165, 1.54) is 0 Å². The van der Waals surface area contributed by atoms with Crippen molar-refractivity contribution in [3.8, 4) is 0 Å². The Balaban J connectivity index is 0. The van der Waals surface area contributed by atoms with Crippen molar-refractivity contribution in [3.05, 3.63) is 0 Å². The number of hydrogen-bond donors (Lipinski definition) is 2. The van der Waals surface area contributed by atoms with Crippen molar-refractivity contribution >= 4 is 57.4 Å². The first kappa shape index (κ1) is 10.4. The average Bonchev–Trinajstić information content (AvgIpc) is 1.36. The molecule has 0 aromatic heterocycles. The summed E-state index contributed by atoms with van der Waals surface area (Å²) in [5.74, 6) is -3.65. The molecule has 0 aliphatic heterocycles. The van der Waals surface area contributed by atoms with Crippen molar-refractivity contribution in [2.24, 2.45) is 0 Å². The number of rotatable bonds is 0. The van der Waals surface area contributed by atoms with Crippen LogP contribution in [0.3, 0.4) is 0 Å². The second kappa shape index (κ2) is 4.58. The van der Waals surface area contributed by atoms with Gasteiger partial charge in [0.15, 0.2) is 0 Å². The fraction of sp³-hybridized carbons (Fsp3) is 0. The molecule has 0 saturated heterocycles. The molecule has 0 saturated carbocycles. The third kappa shape index (κ3) is 6.42. The van der Waals surface area contributed by atoms with Crippen LogP contribution in [0.15, 0.2) is 0 Å². The molecule has 2 radical (unpaired) electrons. The zero-order chi connectivity index (χ0) is 5.15. The maximum atomic E-state index is 9.10. The van der Waals surface area contributed by atoms with Gasteiger partial charge in [0, 0.05) is 45.5 Å². The number of carbonyl (C=O) groups is 2. The molecule has 0 fully saturated rings. The Kier molecular flexibility index (Phi) is 6.81. The first-order valence-corrected chi connectivity index (χ1v) is 1.11. The van der Waals surface area contributed by atoms with Crippen molar-refractivity contribution in [2.45, 2.75) is 0 Å². The molecule has 5 heteroatoms. The van der Waals surface area contributed by atoms with Crippen LogP contribution in [0.4, 0.5) is 0 Å². The van der Waals surface area contributed by atoms with Gasteiger partial charge in [0.2, 0.25) is 0 Å². The second-order valence-corrected chi connectivity index (χ2v) is 0.610. The summed E-state index contributed by atoms with van der Waals surface area (Å²) < 4.78 is 0. The minimum Gasteiger partial charge on any atom is -0.473 e. The molecule has 0 heterocycles. The molecule has 0 spiro atoms. The zero-order valence-electron chi connectivity index (χ0n) is 3.42. The molecular weight excluding hydrogens is 176 g/mol. The van der Waals surface area contributed by atoms with E-state index in [1.807, 2.05) is 0 Å². The molecule has 0 aliphatic rings. The van der Waals surface area contributed by atoms with E-state index in [4.69, 9.17) is 19.8 Å². The van der Waals surface area contributed by atoms with Crippen LogP contribution in [0, 0.1) is 0 Å². The van der Waals surface area contributed by atoms with Crippen LogP contribution < -0.4 is 0 Å². The van der Waals surface area contributed by atoms with E-state index in [9.17, 15) is 0 Å². The average molecular weight is 178 g/mol. The summed E-state index contributed by atoms with van der Waals surface area (Å²) >= 11 is 0. The van der Waals surface area contributed by atoms with Gasteiger partial charge in [0.25, 0.3) is 0 Å². The predicted octanol–water partition coefficient (Wildman–Crippen LogP) is -1.23. The fourth-order valence-corrected chi connectivity index (χ4v) is 0. The van der Waals surface area contributed by atoms with Gasteiger partial charge in [-0.3, -0.25) is 0 Å². The first-order valence-electron chi connectivity index (χ1n) is 1.11. The SMILES string of the molecule is O=C(O)C(=O)O.[Sr]. The minimum absolute atomic E-state index is 0. The Morgan fingerprint density at radius 3 is 1.14 bits per heavy atom. The molecule has 2 N–H and O–H groups in total. The predicted molar refractivity (Wildman–Crippen MR) is 21.0 cm³/mol. The molecule has 36 valence electrons. The number of hydrogen-bond acceptors (Lipinski definition) is 2. The monoisotopic (exact) mass is 178 g/mol. The number of aliphatic carboxylic acids is 2. The molecule has 0 aromatic rings. The van der Waals surface area contributed by atoms with E-state index in [0.29, 0.717) is 0 Å². The topological polar surface area (TPSA) is 74.6 Å². The van der Waals surface area contributed by atoms with Gasteiger partial charge in [-0.25, -0.2) is 9.59 Å². The van der Waals surface area contributed by atoms with Crippen molar-refractivity contribution in [1.82, 2.24) is 0 Å². The Hall–Kier alpha value is 0.421. The summed E-state index contributed by atoms with van der Waals surface area (Å²) in [6.07, 6.45) is 0. The zero-order valence-corrected chi connectivity index (χ0v) is 6.89. The third-order valence-corrected chi connectivity index (χ3v) is 0.183. The summed E-state index contributed by atoms with van der Waals surface area (Å²) in [5, 5.41) is 14.8. The Bertz CT molecular complexity index is 75.7. The van der Waals surface area contributed by atoms with Gasteiger partial charge in [0.05, 0.1) is 0 Å². The van der Waals surface area contributed by atoms with Crippen molar-refractivity contribution in [2.75, 3.05) is 0 Å². The summed E-state index contributed by atoms with van der Waals surface area (Å²) in [5.41, 5.74) is 0.